The number of primary amides is 2. The third-order valence-electron chi connectivity index (χ3n) is 12.6. The van der Waals surface area contributed by atoms with Gasteiger partial charge in [-0.15, -0.1) is 0 Å². The third-order valence-corrected chi connectivity index (χ3v) is 17.9. The normalized spacial score (nSPS) is 12.3. The van der Waals surface area contributed by atoms with E-state index < -0.39 is 137 Å². The van der Waals surface area contributed by atoms with Crippen molar-refractivity contribution < 1.29 is 87.4 Å². The van der Waals surface area contributed by atoms with Crippen LogP contribution in [0.2, 0.25) is 0 Å². The average Bonchev–Trinajstić information content (AvgIpc) is 0.808. The van der Waals surface area contributed by atoms with E-state index >= 15 is 0 Å². The van der Waals surface area contributed by atoms with Gasteiger partial charge in [0.2, 0.25) is 47.5 Å². The van der Waals surface area contributed by atoms with Gasteiger partial charge in [-0.05, 0) is 82.9 Å². The van der Waals surface area contributed by atoms with E-state index in [9.17, 15) is 87.4 Å². The lowest BCUT2D eigenvalue weighted by atomic mass is 10.1. The van der Waals surface area contributed by atoms with Gasteiger partial charge in [0, 0.05) is 50.4 Å². The van der Waals surface area contributed by atoms with E-state index in [1.165, 1.54) is 21.9 Å². The Hall–Kier alpha value is -9.72. The van der Waals surface area contributed by atoms with Crippen LogP contribution in [-0.4, -0.2) is 133 Å². The number of nitrogens with two attached hydrogens (primary N) is 2. The molecule has 2 amide bonds. The fourth-order valence-electron chi connectivity index (χ4n) is 8.44. The number of nitrogens with zero attached hydrogens (tertiary/aromatic N) is 8. The van der Waals surface area contributed by atoms with Crippen LogP contribution in [0.25, 0.3) is 12.2 Å². The second-order valence-electron chi connectivity index (χ2n) is 19.3. The maximum Gasteiger partial charge on any atom is 0.296 e. The summed E-state index contributed by atoms with van der Waals surface area (Å²) in [4.78, 5) is 47.7. The van der Waals surface area contributed by atoms with Crippen molar-refractivity contribution in [3.63, 3.8) is 0 Å². The molecule has 92 heavy (non-hydrogen) atoms. The van der Waals surface area contributed by atoms with Crippen molar-refractivity contribution in [2.24, 2.45) is 11.5 Å². The van der Waals surface area contributed by atoms with Crippen LogP contribution in [0.5, 0.6) is 0 Å². The lowest BCUT2D eigenvalue weighted by molar-refractivity contribution is -0.118. The summed E-state index contributed by atoms with van der Waals surface area (Å²) in [5.41, 5.74) is 9.86. The molecule has 0 aliphatic rings. The average molecular weight is 1380 g/mol. The third kappa shape index (κ3) is 18.5. The minimum Gasteiger partial charge on any atom is -0.370 e. The summed E-state index contributed by atoms with van der Waals surface area (Å²) in [5, 5.41) is 10.4. The molecule has 0 radical (unpaired) electrons. The number of carbonyl (C=O) groups is 2. The summed E-state index contributed by atoms with van der Waals surface area (Å²) >= 11 is 0. The number of anilines is 10. The molecule has 40 heteroatoms. The van der Waals surface area contributed by atoms with E-state index in [2.05, 4.69) is 51.2 Å². The summed E-state index contributed by atoms with van der Waals surface area (Å²) in [5.74, 6) is -4.18. The van der Waals surface area contributed by atoms with Crippen molar-refractivity contribution in [1.29, 1.82) is 0 Å². The number of rotatable bonds is 28. The molecule has 0 bridgehead atoms. The van der Waals surface area contributed by atoms with Gasteiger partial charge in [-0.25, -0.2) is 0 Å². The Morgan fingerprint density at radius 1 is 0.391 bits per heavy atom. The minimum atomic E-state index is -5.23. The topological polar surface area (TPSA) is 544 Å². The molecule has 0 aliphatic carbocycles. The highest BCUT2D eigenvalue weighted by atomic mass is 32.2. The Bertz CT molecular complexity index is 4620. The molecule has 8 aromatic rings. The molecule has 0 fully saturated rings. The molecule has 484 valence electrons. The molecule has 2 heterocycles. The Balaban J connectivity index is 1.17. The molecule has 0 spiro atoms. The maximum atomic E-state index is 13.1. The summed E-state index contributed by atoms with van der Waals surface area (Å²) in [6.07, 6.45) is 1.50. The first-order valence-electron chi connectivity index (χ1n) is 25.8. The van der Waals surface area contributed by atoms with E-state index in [1.54, 1.807) is 60.7 Å². The van der Waals surface area contributed by atoms with Crippen molar-refractivity contribution in [2.75, 3.05) is 44.2 Å². The van der Waals surface area contributed by atoms with Crippen LogP contribution in [0.3, 0.4) is 0 Å². The largest absolute Gasteiger partial charge is 0.370 e. The summed E-state index contributed by atoms with van der Waals surface area (Å²) < 4.78 is 212. The van der Waals surface area contributed by atoms with Crippen LogP contribution in [0.15, 0.2) is 163 Å². The van der Waals surface area contributed by atoms with E-state index in [0.717, 1.165) is 36.4 Å². The number of nitrogens with one attached hydrogen (secondary N) is 4. The lowest BCUT2D eigenvalue weighted by Crippen LogP contribution is -2.29. The highest BCUT2D eigenvalue weighted by Gasteiger charge is 2.26. The highest BCUT2D eigenvalue weighted by Crippen LogP contribution is 2.33. The van der Waals surface area contributed by atoms with Crippen molar-refractivity contribution >= 4 is 143 Å². The zero-order valence-electron chi connectivity index (χ0n) is 46.7. The quantitative estimate of drug-likeness (QED) is 0.0238. The number of carbonyl (C=O) groups excluding carboxylic acids is 2. The summed E-state index contributed by atoms with van der Waals surface area (Å²) in [7, 11) is -30.7. The standard InChI is InChI=1S/C52H50N14O20S6/c53-45(67)21-23-65(29-31-7-3-1-4-8-31)51-61-47(59-49(63-51)57-39-27-37(87(69,70)71)17-19-41(39)89(75,76)77)55-35-15-13-33(43(25-35)91(81,82)83)11-12-34-14-16-36(26-44(34)92(84,85)86)56-48-60-50(58-40-28-38(88(72,73)74)18-20-42(40)90(78,79)80)64-52(62-48)66(24-22-46(54)68)30-32-9-5-2-6-10-32/h1-20,25-28H,21-24,29-30H2,(H2,53,67)(H2,54,68)(H,69,70,71)(H,72,73,74)(H,75,76,77)(H,78,79,80)(H,81,82,83)(H,84,85,86)(H2,55,57,59,61,63)(H2,56,58,60,62,64)/b12-11+. The van der Waals surface area contributed by atoms with E-state index in [1.807, 2.05) is 0 Å². The molecule has 8 rings (SSSR count). The van der Waals surface area contributed by atoms with Crippen LogP contribution in [0.4, 0.5) is 58.4 Å². The summed E-state index contributed by atoms with van der Waals surface area (Å²) in [6, 6.07) is 27.5. The molecule has 34 nitrogen and oxygen atoms in total. The molecule has 0 aliphatic heterocycles. The SMILES string of the molecule is NC(=O)CCN(Cc1ccccc1)c1nc(Nc2ccc(/C=C/c3ccc(Nc4nc(Nc5cc(S(=O)(=O)O)ccc5S(=O)(=O)O)nc(N(CCC(N)=O)Cc5ccccc5)n4)cc3S(=O)(=O)O)c(S(=O)(=O)O)c2)nc(Nc2cc(S(=O)(=O)O)ccc2S(=O)(=O)O)n1. The van der Waals surface area contributed by atoms with Gasteiger partial charge in [0.25, 0.3) is 60.7 Å². The Morgan fingerprint density at radius 2 is 0.717 bits per heavy atom. The van der Waals surface area contributed by atoms with Crippen molar-refractivity contribution in [2.45, 2.75) is 55.3 Å². The fraction of sp³-hybridized carbons (Fsp3) is 0.115. The van der Waals surface area contributed by atoms with Crippen LogP contribution < -0.4 is 42.5 Å². The van der Waals surface area contributed by atoms with Gasteiger partial charge in [0.15, 0.2) is 0 Å². The van der Waals surface area contributed by atoms with Gasteiger partial charge in [0.1, 0.15) is 19.6 Å². The van der Waals surface area contributed by atoms with Gasteiger partial charge in [-0.2, -0.15) is 80.4 Å². The van der Waals surface area contributed by atoms with Crippen LogP contribution in [0, 0.1) is 0 Å². The zero-order valence-corrected chi connectivity index (χ0v) is 51.6. The predicted molar refractivity (Wildman–Crippen MR) is 329 cm³/mol. The first-order valence-corrected chi connectivity index (χ1v) is 34.4. The molecule has 6 aromatic carbocycles. The number of benzene rings is 6. The zero-order chi connectivity index (χ0) is 67.1. The molecule has 0 atom stereocenters. The summed E-state index contributed by atoms with van der Waals surface area (Å²) in [6.45, 7) is -0.349. The number of hydrogen-bond donors (Lipinski definition) is 12. The van der Waals surface area contributed by atoms with Gasteiger partial charge in [-0.1, -0.05) is 84.9 Å². The van der Waals surface area contributed by atoms with Crippen molar-refractivity contribution in [3.8, 4) is 0 Å². The lowest BCUT2D eigenvalue weighted by Gasteiger charge is -2.23. The van der Waals surface area contributed by atoms with Crippen molar-refractivity contribution in [3.05, 3.63) is 156 Å². The first kappa shape index (κ1) is 68.2. The van der Waals surface area contributed by atoms with E-state index in [-0.39, 0.29) is 73.4 Å². The van der Waals surface area contributed by atoms with Crippen molar-refractivity contribution in [1.82, 2.24) is 29.9 Å². The van der Waals surface area contributed by atoms with Crippen LogP contribution >= 0.6 is 0 Å². The van der Waals surface area contributed by atoms with Gasteiger partial charge >= 0.3 is 0 Å². The molecule has 0 saturated carbocycles. The molecule has 14 N–H and O–H groups in total. The first-order chi connectivity index (χ1) is 43.0. The number of aromatic nitrogens is 6. The maximum absolute atomic E-state index is 13.1. The predicted octanol–water partition coefficient (Wildman–Crippen LogP) is 4.45. The number of hydrogen-bond acceptors (Lipinski definition) is 26. The highest BCUT2D eigenvalue weighted by molar-refractivity contribution is 7.87. The molecule has 0 saturated heterocycles. The molecule has 0 unspecified atom stereocenters. The smallest absolute Gasteiger partial charge is 0.296 e. The minimum absolute atomic E-state index is 0.0158. The molecule has 2 aromatic heterocycles. The van der Waals surface area contributed by atoms with E-state index in [0.29, 0.717) is 47.5 Å². The van der Waals surface area contributed by atoms with Crippen LogP contribution in [0.1, 0.15) is 35.1 Å². The Morgan fingerprint density at radius 3 is 1.02 bits per heavy atom. The second kappa shape index (κ2) is 27.4. The second-order valence-corrected chi connectivity index (χ2v) is 27.7. The monoisotopic (exact) mass is 1380 g/mol. The van der Waals surface area contributed by atoms with Crippen LogP contribution in [-0.2, 0) is 83.4 Å². The number of amides is 2. The van der Waals surface area contributed by atoms with E-state index in [4.69, 9.17) is 11.5 Å². The Labute approximate surface area is 524 Å². The molecular formula is C52H50N14O20S6. The molecular weight excluding hydrogens is 1330 g/mol. The van der Waals surface area contributed by atoms with Gasteiger partial charge in [0.05, 0.1) is 21.2 Å². The van der Waals surface area contributed by atoms with Gasteiger partial charge in [-0.3, -0.25) is 36.9 Å². The fourth-order valence-corrected chi connectivity index (χ4v) is 12.1. The Kier molecular flexibility index (Phi) is 20.3. The van der Waals surface area contributed by atoms with Gasteiger partial charge < -0.3 is 42.5 Å².